The van der Waals surface area contributed by atoms with Gasteiger partial charge in [-0.25, -0.2) is 13.1 Å². The first kappa shape index (κ1) is 22.8. The summed E-state index contributed by atoms with van der Waals surface area (Å²) in [4.78, 5) is 11.9. The molecule has 0 fully saturated rings. The van der Waals surface area contributed by atoms with E-state index in [2.05, 4.69) is 15.4 Å². The molecule has 3 N–H and O–H groups in total. The zero-order chi connectivity index (χ0) is 17.1. The first-order chi connectivity index (χ1) is 11.0. The number of nitrogens with one attached hydrogen (secondary N) is 3. The molecule has 9 heteroatoms. The number of ether oxygens (including phenoxy) is 1. The molecule has 1 aromatic rings. The Hall–Kier alpha value is -1.19. The number of halogens is 1. The second-order valence-corrected chi connectivity index (χ2v) is 6.83. The van der Waals surface area contributed by atoms with Gasteiger partial charge in [0, 0.05) is 33.2 Å². The number of carbonyl (C=O) groups is 1. The fourth-order valence-electron chi connectivity index (χ4n) is 1.89. The van der Waals surface area contributed by atoms with Crippen LogP contribution in [0.5, 0.6) is 0 Å². The van der Waals surface area contributed by atoms with Crippen LogP contribution < -0.4 is 15.4 Å². The molecule has 0 saturated carbocycles. The summed E-state index contributed by atoms with van der Waals surface area (Å²) >= 11 is 0. The van der Waals surface area contributed by atoms with Gasteiger partial charge in [0.15, 0.2) is 0 Å². The van der Waals surface area contributed by atoms with E-state index in [4.69, 9.17) is 4.74 Å². The van der Waals surface area contributed by atoms with Gasteiger partial charge in [-0.05, 0) is 31.2 Å². The summed E-state index contributed by atoms with van der Waals surface area (Å²) in [6.45, 7) is 2.68. The van der Waals surface area contributed by atoms with E-state index in [-0.39, 0.29) is 23.2 Å². The molecular formula is C15H26ClN3O4S. The molecule has 0 aromatic heterocycles. The molecule has 0 bridgehead atoms. The molecule has 24 heavy (non-hydrogen) atoms. The average Bonchev–Trinajstić information content (AvgIpc) is 2.56. The van der Waals surface area contributed by atoms with Gasteiger partial charge < -0.3 is 15.4 Å². The van der Waals surface area contributed by atoms with E-state index in [0.717, 1.165) is 12.1 Å². The van der Waals surface area contributed by atoms with Crippen LogP contribution in [-0.4, -0.2) is 54.7 Å². The van der Waals surface area contributed by atoms with E-state index < -0.39 is 10.0 Å². The summed E-state index contributed by atoms with van der Waals surface area (Å²) in [6.07, 6.45) is 0.943. The number of rotatable bonds is 11. The summed E-state index contributed by atoms with van der Waals surface area (Å²) in [7, 11) is -0.397. The van der Waals surface area contributed by atoms with Crippen LogP contribution in [0.1, 0.15) is 12.0 Å². The SMILES string of the molecule is CNS(=O)(=O)c1ccc(CCC(=O)NCCNCCOC)cc1.Cl. The van der Waals surface area contributed by atoms with Crippen molar-refractivity contribution in [1.29, 1.82) is 0 Å². The van der Waals surface area contributed by atoms with Crippen LogP contribution in [-0.2, 0) is 26.0 Å². The number of sulfonamides is 1. The van der Waals surface area contributed by atoms with Crippen molar-refractivity contribution in [2.45, 2.75) is 17.7 Å². The first-order valence-corrected chi connectivity index (χ1v) is 8.96. The predicted octanol–water partition coefficient (Wildman–Crippen LogP) is 0.301. The fourth-order valence-corrected chi connectivity index (χ4v) is 2.62. The minimum absolute atomic E-state index is 0. The highest BCUT2D eigenvalue weighted by Crippen LogP contribution is 2.11. The van der Waals surface area contributed by atoms with Crippen molar-refractivity contribution < 1.29 is 17.9 Å². The zero-order valence-electron chi connectivity index (χ0n) is 14.0. The number of hydrogen-bond donors (Lipinski definition) is 3. The molecule has 1 rings (SSSR count). The largest absolute Gasteiger partial charge is 0.383 e. The second kappa shape index (κ2) is 12.2. The Morgan fingerprint density at radius 3 is 2.38 bits per heavy atom. The van der Waals surface area contributed by atoms with Crippen LogP contribution in [0.4, 0.5) is 0 Å². The van der Waals surface area contributed by atoms with Gasteiger partial charge in [0.05, 0.1) is 11.5 Å². The molecule has 0 radical (unpaired) electrons. The van der Waals surface area contributed by atoms with E-state index in [9.17, 15) is 13.2 Å². The summed E-state index contributed by atoms with van der Waals surface area (Å²) in [5.74, 6) is -0.0227. The van der Waals surface area contributed by atoms with E-state index in [0.29, 0.717) is 32.5 Å². The highest BCUT2D eigenvalue weighted by Gasteiger charge is 2.10. The lowest BCUT2D eigenvalue weighted by molar-refractivity contribution is -0.121. The molecule has 0 atom stereocenters. The molecule has 0 spiro atoms. The van der Waals surface area contributed by atoms with Crippen molar-refractivity contribution in [1.82, 2.24) is 15.4 Å². The van der Waals surface area contributed by atoms with E-state index in [1.54, 1.807) is 31.4 Å². The zero-order valence-corrected chi connectivity index (χ0v) is 15.6. The standard InChI is InChI=1S/C15H25N3O4S.ClH/c1-16-23(20,21)14-6-3-13(4-7-14)5-8-15(19)18-10-9-17-11-12-22-2;/h3-4,6-7,16-17H,5,8-12H2,1-2H3,(H,18,19);1H. The van der Waals surface area contributed by atoms with Gasteiger partial charge in [-0.2, -0.15) is 0 Å². The van der Waals surface area contributed by atoms with Crippen molar-refractivity contribution in [3.05, 3.63) is 29.8 Å². The third-order valence-corrected chi connectivity index (χ3v) is 4.68. The quantitative estimate of drug-likeness (QED) is 0.480. The number of aryl methyl sites for hydroxylation is 1. The highest BCUT2D eigenvalue weighted by molar-refractivity contribution is 7.89. The monoisotopic (exact) mass is 379 g/mol. The van der Waals surface area contributed by atoms with Gasteiger partial charge >= 0.3 is 0 Å². The van der Waals surface area contributed by atoms with Crippen LogP contribution in [0.2, 0.25) is 0 Å². The van der Waals surface area contributed by atoms with Crippen LogP contribution in [0.15, 0.2) is 29.2 Å². The Morgan fingerprint density at radius 1 is 1.12 bits per heavy atom. The fraction of sp³-hybridized carbons (Fsp3) is 0.533. The van der Waals surface area contributed by atoms with Crippen molar-refractivity contribution in [3.8, 4) is 0 Å². The second-order valence-electron chi connectivity index (χ2n) is 4.94. The molecule has 0 heterocycles. The maximum Gasteiger partial charge on any atom is 0.240 e. The maximum atomic E-state index is 11.7. The number of carbonyl (C=O) groups excluding carboxylic acids is 1. The summed E-state index contributed by atoms with van der Waals surface area (Å²) in [5, 5.41) is 5.97. The molecule has 1 aromatic carbocycles. The minimum atomic E-state index is -3.41. The predicted molar refractivity (Wildman–Crippen MR) is 96.0 cm³/mol. The Kier molecular flexibility index (Phi) is 11.6. The Morgan fingerprint density at radius 2 is 1.79 bits per heavy atom. The van der Waals surface area contributed by atoms with Gasteiger partial charge in [-0.3, -0.25) is 4.79 Å². The Bertz CT molecular complexity index is 579. The van der Waals surface area contributed by atoms with Gasteiger partial charge in [-0.1, -0.05) is 12.1 Å². The lowest BCUT2D eigenvalue weighted by Crippen LogP contribution is -2.33. The van der Waals surface area contributed by atoms with E-state index in [1.807, 2.05) is 0 Å². The van der Waals surface area contributed by atoms with Crippen LogP contribution in [0.25, 0.3) is 0 Å². The van der Waals surface area contributed by atoms with Crippen molar-refractivity contribution in [2.75, 3.05) is 40.4 Å². The highest BCUT2D eigenvalue weighted by atomic mass is 35.5. The first-order valence-electron chi connectivity index (χ1n) is 7.48. The lowest BCUT2D eigenvalue weighted by Gasteiger charge is -2.07. The summed E-state index contributed by atoms with van der Waals surface area (Å²) < 4.78 is 30.4. The third kappa shape index (κ3) is 8.60. The van der Waals surface area contributed by atoms with Gasteiger partial charge in [0.2, 0.25) is 15.9 Å². The Balaban J connectivity index is 0.00000529. The third-order valence-electron chi connectivity index (χ3n) is 3.25. The maximum absolute atomic E-state index is 11.7. The summed E-state index contributed by atoms with van der Waals surface area (Å²) in [6, 6.07) is 6.53. The molecular weight excluding hydrogens is 354 g/mol. The lowest BCUT2D eigenvalue weighted by atomic mass is 10.1. The molecule has 7 nitrogen and oxygen atoms in total. The number of benzene rings is 1. The number of amides is 1. The molecule has 0 saturated heterocycles. The van der Waals surface area contributed by atoms with Crippen molar-refractivity contribution in [3.63, 3.8) is 0 Å². The number of methoxy groups -OCH3 is 1. The van der Waals surface area contributed by atoms with Crippen LogP contribution in [0.3, 0.4) is 0 Å². The van der Waals surface area contributed by atoms with Crippen molar-refractivity contribution >= 4 is 28.3 Å². The molecule has 1 amide bonds. The van der Waals surface area contributed by atoms with Gasteiger partial charge in [0.1, 0.15) is 0 Å². The van der Waals surface area contributed by atoms with Crippen LogP contribution in [0, 0.1) is 0 Å². The van der Waals surface area contributed by atoms with Gasteiger partial charge in [-0.15, -0.1) is 12.4 Å². The smallest absolute Gasteiger partial charge is 0.240 e. The molecule has 0 aliphatic heterocycles. The van der Waals surface area contributed by atoms with Gasteiger partial charge in [0.25, 0.3) is 0 Å². The molecule has 0 aliphatic rings. The molecule has 138 valence electrons. The van der Waals surface area contributed by atoms with E-state index >= 15 is 0 Å². The Labute approximate surface area is 150 Å². The molecule has 0 aliphatic carbocycles. The minimum Gasteiger partial charge on any atom is -0.383 e. The normalized spacial score (nSPS) is 10.9. The van der Waals surface area contributed by atoms with Crippen molar-refractivity contribution in [2.24, 2.45) is 0 Å². The summed E-state index contributed by atoms with van der Waals surface area (Å²) in [5.41, 5.74) is 0.924. The number of hydrogen-bond acceptors (Lipinski definition) is 5. The van der Waals surface area contributed by atoms with Crippen LogP contribution >= 0.6 is 12.4 Å². The molecule has 0 unspecified atom stereocenters. The average molecular weight is 380 g/mol. The topological polar surface area (TPSA) is 96.5 Å². The van der Waals surface area contributed by atoms with E-state index in [1.165, 1.54) is 7.05 Å².